The lowest BCUT2D eigenvalue weighted by molar-refractivity contribution is -0.113. The predicted octanol–water partition coefficient (Wildman–Crippen LogP) is 3.19. The lowest BCUT2D eigenvalue weighted by atomic mass is 10.1. The summed E-state index contributed by atoms with van der Waals surface area (Å²) in [5.74, 6) is 0.0723. The Labute approximate surface area is 160 Å². The standard InChI is InChI=1S/C18H17ClN4O2S/c19-14-2-1-3-16(10-14)23-12-20-22-18(23)26-11-17(25)21-15-6-4-13(5-7-15)8-9-24/h1-7,10,12,24H,8-9,11H2,(H,21,25). The van der Waals surface area contributed by atoms with Crippen molar-refractivity contribution in [3.05, 3.63) is 65.4 Å². The van der Waals surface area contributed by atoms with Crippen LogP contribution in [0.3, 0.4) is 0 Å². The molecule has 3 aromatic rings. The minimum Gasteiger partial charge on any atom is -0.396 e. The highest BCUT2D eigenvalue weighted by Crippen LogP contribution is 2.22. The highest BCUT2D eigenvalue weighted by Gasteiger charge is 2.11. The van der Waals surface area contributed by atoms with Gasteiger partial charge in [0, 0.05) is 17.3 Å². The third-order valence-corrected chi connectivity index (χ3v) is 4.75. The molecule has 0 atom stereocenters. The van der Waals surface area contributed by atoms with Crippen molar-refractivity contribution in [1.29, 1.82) is 0 Å². The van der Waals surface area contributed by atoms with Gasteiger partial charge in [-0.3, -0.25) is 9.36 Å². The van der Waals surface area contributed by atoms with E-state index in [1.165, 1.54) is 11.8 Å². The van der Waals surface area contributed by atoms with Gasteiger partial charge in [0.15, 0.2) is 5.16 Å². The molecule has 8 heteroatoms. The van der Waals surface area contributed by atoms with Crippen LogP contribution in [0.15, 0.2) is 60.0 Å². The summed E-state index contributed by atoms with van der Waals surface area (Å²) in [5, 5.41) is 21.0. The number of nitrogens with one attached hydrogen (secondary N) is 1. The number of rotatable bonds is 7. The van der Waals surface area contributed by atoms with Crippen LogP contribution in [0, 0.1) is 0 Å². The fourth-order valence-electron chi connectivity index (χ4n) is 2.34. The summed E-state index contributed by atoms with van der Waals surface area (Å²) in [4.78, 5) is 12.2. The number of hydrogen-bond donors (Lipinski definition) is 2. The first kappa shape index (κ1) is 18.4. The summed E-state index contributed by atoms with van der Waals surface area (Å²) in [6, 6.07) is 14.8. The van der Waals surface area contributed by atoms with Crippen LogP contribution in [0.25, 0.3) is 5.69 Å². The number of aromatic nitrogens is 3. The molecule has 6 nitrogen and oxygen atoms in total. The van der Waals surface area contributed by atoms with Gasteiger partial charge in [-0.05, 0) is 42.3 Å². The lowest BCUT2D eigenvalue weighted by Gasteiger charge is -2.08. The molecule has 0 aliphatic carbocycles. The van der Waals surface area contributed by atoms with Gasteiger partial charge in [-0.25, -0.2) is 0 Å². The van der Waals surface area contributed by atoms with E-state index in [-0.39, 0.29) is 18.3 Å². The van der Waals surface area contributed by atoms with Gasteiger partial charge in [-0.15, -0.1) is 10.2 Å². The summed E-state index contributed by atoms with van der Waals surface area (Å²) in [7, 11) is 0. The number of benzene rings is 2. The van der Waals surface area contributed by atoms with Gasteiger partial charge in [0.25, 0.3) is 0 Å². The van der Waals surface area contributed by atoms with Crippen molar-refractivity contribution in [1.82, 2.24) is 14.8 Å². The number of amides is 1. The van der Waals surface area contributed by atoms with Gasteiger partial charge in [0.2, 0.25) is 5.91 Å². The maximum absolute atomic E-state index is 12.2. The average Bonchev–Trinajstić information content (AvgIpc) is 3.10. The van der Waals surface area contributed by atoms with E-state index < -0.39 is 0 Å². The fraction of sp³-hybridized carbons (Fsp3) is 0.167. The van der Waals surface area contributed by atoms with Crippen LogP contribution >= 0.6 is 23.4 Å². The Kier molecular flexibility index (Phi) is 6.27. The van der Waals surface area contributed by atoms with Crippen molar-refractivity contribution >= 4 is 35.0 Å². The second-order valence-corrected chi connectivity index (χ2v) is 6.85. The molecule has 1 aromatic heterocycles. The van der Waals surface area contributed by atoms with Gasteiger partial charge in [0.1, 0.15) is 6.33 Å². The monoisotopic (exact) mass is 388 g/mol. The third kappa shape index (κ3) is 4.85. The molecule has 1 heterocycles. The Morgan fingerprint density at radius 2 is 2.04 bits per heavy atom. The summed E-state index contributed by atoms with van der Waals surface area (Å²) < 4.78 is 1.79. The van der Waals surface area contributed by atoms with Crippen molar-refractivity contribution < 1.29 is 9.90 Å². The van der Waals surface area contributed by atoms with E-state index in [9.17, 15) is 4.79 Å². The number of carbonyl (C=O) groups is 1. The Morgan fingerprint density at radius 1 is 1.23 bits per heavy atom. The quantitative estimate of drug-likeness (QED) is 0.607. The number of thioether (sulfide) groups is 1. The van der Waals surface area contributed by atoms with E-state index in [0.29, 0.717) is 22.3 Å². The van der Waals surface area contributed by atoms with E-state index in [4.69, 9.17) is 16.7 Å². The van der Waals surface area contributed by atoms with Crippen molar-refractivity contribution in [2.75, 3.05) is 17.7 Å². The number of aliphatic hydroxyl groups is 1. The zero-order valence-electron chi connectivity index (χ0n) is 13.8. The molecule has 0 unspecified atom stereocenters. The van der Waals surface area contributed by atoms with Gasteiger partial charge in [-0.2, -0.15) is 0 Å². The molecule has 26 heavy (non-hydrogen) atoms. The summed E-state index contributed by atoms with van der Waals surface area (Å²) in [6.45, 7) is 0.107. The fourth-order valence-corrected chi connectivity index (χ4v) is 3.25. The number of halogens is 1. The Balaban J connectivity index is 1.59. The smallest absolute Gasteiger partial charge is 0.234 e. The van der Waals surface area contributed by atoms with Crippen LogP contribution in [-0.2, 0) is 11.2 Å². The van der Waals surface area contributed by atoms with Crippen molar-refractivity contribution in [2.45, 2.75) is 11.6 Å². The SMILES string of the molecule is O=C(CSc1nncn1-c1cccc(Cl)c1)Nc1ccc(CCO)cc1. The molecule has 0 saturated carbocycles. The zero-order chi connectivity index (χ0) is 18.4. The van der Waals surface area contributed by atoms with E-state index in [0.717, 1.165) is 11.3 Å². The van der Waals surface area contributed by atoms with Crippen LogP contribution in [0.4, 0.5) is 5.69 Å². The number of aliphatic hydroxyl groups excluding tert-OH is 1. The molecule has 0 bridgehead atoms. The van der Waals surface area contributed by atoms with E-state index in [2.05, 4.69) is 15.5 Å². The van der Waals surface area contributed by atoms with Crippen LogP contribution in [0.2, 0.25) is 5.02 Å². The molecule has 0 aliphatic rings. The lowest BCUT2D eigenvalue weighted by Crippen LogP contribution is -2.14. The maximum Gasteiger partial charge on any atom is 0.234 e. The van der Waals surface area contributed by atoms with Crippen LogP contribution in [0.5, 0.6) is 0 Å². The number of carbonyl (C=O) groups excluding carboxylic acids is 1. The van der Waals surface area contributed by atoms with Crippen LogP contribution in [-0.4, -0.2) is 38.1 Å². The Bertz CT molecular complexity index is 883. The molecule has 0 saturated heterocycles. The van der Waals surface area contributed by atoms with E-state index in [1.54, 1.807) is 17.0 Å². The molecular weight excluding hydrogens is 372 g/mol. The van der Waals surface area contributed by atoms with Crippen LogP contribution < -0.4 is 5.32 Å². The summed E-state index contributed by atoms with van der Waals surface area (Å²) in [6.07, 6.45) is 2.19. The summed E-state index contributed by atoms with van der Waals surface area (Å²) >= 11 is 7.32. The highest BCUT2D eigenvalue weighted by atomic mass is 35.5. The minimum atomic E-state index is -0.134. The highest BCUT2D eigenvalue weighted by molar-refractivity contribution is 7.99. The first-order valence-corrected chi connectivity index (χ1v) is 9.30. The Morgan fingerprint density at radius 3 is 2.77 bits per heavy atom. The first-order valence-electron chi connectivity index (χ1n) is 7.94. The molecular formula is C18H17ClN4O2S. The van der Waals surface area contributed by atoms with Gasteiger partial charge >= 0.3 is 0 Å². The topological polar surface area (TPSA) is 80.0 Å². The van der Waals surface area contributed by atoms with E-state index >= 15 is 0 Å². The zero-order valence-corrected chi connectivity index (χ0v) is 15.4. The van der Waals surface area contributed by atoms with Crippen molar-refractivity contribution in [3.63, 3.8) is 0 Å². The van der Waals surface area contributed by atoms with Gasteiger partial charge in [0.05, 0.1) is 11.4 Å². The second kappa shape index (κ2) is 8.84. The number of nitrogens with zero attached hydrogens (tertiary/aromatic N) is 3. The first-order chi connectivity index (χ1) is 12.7. The predicted molar refractivity (Wildman–Crippen MR) is 103 cm³/mol. The van der Waals surface area contributed by atoms with Crippen LogP contribution in [0.1, 0.15) is 5.56 Å². The molecule has 134 valence electrons. The molecule has 1 amide bonds. The van der Waals surface area contributed by atoms with Crippen molar-refractivity contribution in [3.8, 4) is 5.69 Å². The Hall–Kier alpha value is -2.35. The van der Waals surface area contributed by atoms with E-state index in [1.807, 2.05) is 42.5 Å². The molecule has 0 radical (unpaired) electrons. The minimum absolute atomic E-state index is 0.107. The van der Waals surface area contributed by atoms with Crippen molar-refractivity contribution in [2.24, 2.45) is 0 Å². The maximum atomic E-state index is 12.2. The van der Waals surface area contributed by atoms with Gasteiger partial charge < -0.3 is 10.4 Å². The molecule has 0 aliphatic heterocycles. The number of hydrogen-bond acceptors (Lipinski definition) is 5. The number of anilines is 1. The molecule has 2 aromatic carbocycles. The second-order valence-electron chi connectivity index (χ2n) is 5.47. The summed E-state index contributed by atoms with van der Waals surface area (Å²) in [5.41, 5.74) is 2.58. The molecule has 2 N–H and O–H groups in total. The average molecular weight is 389 g/mol. The largest absolute Gasteiger partial charge is 0.396 e. The normalized spacial score (nSPS) is 10.7. The molecule has 3 rings (SSSR count). The molecule has 0 fully saturated rings. The third-order valence-electron chi connectivity index (χ3n) is 3.57. The molecule has 0 spiro atoms. The van der Waals surface area contributed by atoms with Gasteiger partial charge in [-0.1, -0.05) is 41.6 Å².